The molecule has 1 unspecified atom stereocenters. The molecule has 3 heterocycles. The van der Waals surface area contributed by atoms with Crippen LogP contribution in [0.1, 0.15) is 60.4 Å². The third-order valence-electron chi connectivity index (χ3n) is 5.93. The fourth-order valence-electron chi connectivity index (χ4n) is 3.94. The van der Waals surface area contributed by atoms with Crippen molar-refractivity contribution in [2.45, 2.75) is 26.9 Å². The number of anilines is 1. The molecule has 0 radical (unpaired) electrons. The Balaban J connectivity index is 1.40. The first-order valence-corrected chi connectivity index (χ1v) is 11.5. The van der Waals surface area contributed by atoms with E-state index in [9.17, 15) is 23.6 Å². The summed E-state index contributed by atoms with van der Waals surface area (Å²) in [5, 5.41) is 0.516. The Morgan fingerprint density at radius 3 is 2.46 bits per heavy atom. The van der Waals surface area contributed by atoms with Crippen molar-refractivity contribution in [1.29, 1.82) is 0 Å². The van der Waals surface area contributed by atoms with Gasteiger partial charge in [-0.2, -0.15) is 0 Å². The maximum atomic E-state index is 13.3. The molecule has 1 aliphatic rings. The molecule has 2 amide bonds. The van der Waals surface area contributed by atoms with E-state index in [4.69, 9.17) is 4.74 Å². The van der Waals surface area contributed by atoms with E-state index in [-0.39, 0.29) is 33.8 Å². The molecule has 0 aliphatic carbocycles. The number of aromatic amines is 1. The summed E-state index contributed by atoms with van der Waals surface area (Å²) < 4.78 is 18.7. The zero-order chi connectivity index (χ0) is 25.0. The first-order valence-electron chi connectivity index (χ1n) is 10.6. The number of hydrogen-bond acceptors (Lipinski definition) is 7. The summed E-state index contributed by atoms with van der Waals surface area (Å²) in [4.78, 5) is 60.6. The van der Waals surface area contributed by atoms with Gasteiger partial charge in [0.25, 0.3) is 17.4 Å². The average Bonchev–Trinajstić information content (AvgIpc) is 3.26. The predicted octanol–water partition coefficient (Wildman–Crippen LogP) is 4.46. The summed E-state index contributed by atoms with van der Waals surface area (Å²) in [6.07, 6.45) is -0.872. The van der Waals surface area contributed by atoms with Gasteiger partial charge in [0, 0.05) is 4.88 Å². The molecule has 1 atom stereocenters. The van der Waals surface area contributed by atoms with Crippen LogP contribution in [0.4, 0.5) is 10.1 Å². The molecule has 2 aromatic heterocycles. The number of halogens is 1. The van der Waals surface area contributed by atoms with E-state index < -0.39 is 29.7 Å². The number of esters is 1. The van der Waals surface area contributed by atoms with E-state index >= 15 is 0 Å². The molecule has 5 rings (SSSR count). The number of ether oxygens (including phenoxy) is 1. The number of carbonyl (C=O) groups excluding carboxylic acids is 3. The second kappa shape index (κ2) is 8.24. The lowest BCUT2D eigenvalue weighted by molar-refractivity contribution is 0.0320. The van der Waals surface area contributed by atoms with E-state index in [1.807, 2.05) is 13.8 Å². The van der Waals surface area contributed by atoms with Crippen molar-refractivity contribution in [3.63, 3.8) is 0 Å². The molecule has 10 heteroatoms. The topological polar surface area (TPSA) is 109 Å². The van der Waals surface area contributed by atoms with Crippen LogP contribution < -0.4 is 10.5 Å². The molecule has 2 aromatic carbocycles. The molecule has 0 saturated heterocycles. The molecule has 0 fully saturated rings. The van der Waals surface area contributed by atoms with Gasteiger partial charge in [0.1, 0.15) is 10.6 Å². The zero-order valence-corrected chi connectivity index (χ0v) is 19.7. The minimum absolute atomic E-state index is 0.0407. The number of nitrogens with one attached hydrogen (secondary N) is 1. The Labute approximate surface area is 202 Å². The number of fused-ring (bicyclic) bond motifs is 2. The minimum Gasteiger partial charge on any atom is -0.451 e. The SMILES string of the molecule is Cc1sc2nc(C(C)OC(=O)c3ccc4c(c3)C(=O)N(c3ccc(F)cc3)C4=O)[nH]c(=O)c2c1C. The number of imide groups is 1. The van der Waals surface area contributed by atoms with Crippen LogP contribution in [0, 0.1) is 19.7 Å². The molecule has 1 N–H and O–H groups in total. The number of nitrogens with zero attached hydrogens (tertiary/aromatic N) is 2. The zero-order valence-electron chi connectivity index (χ0n) is 18.8. The third-order valence-corrected chi connectivity index (χ3v) is 7.03. The van der Waals surface area contributed by atoms with Crippen LogP contribution in [0.15, 0.2) is 47.3 Å². The van der Waals surface area contributed by atoms with Crippen LogP contribution in [0.2, 0.25) is 0 Å². The summed E-state index contributed by atoms with van der Waals surface area (Å²) >= 11 is 1.39. The monoisotopic (exact) mass is 491 g/mol. The third kappa shape index (κ3) is 3.71. The molecule has 176 valence electrons. The van der Waals surface area contributed by atoms with Gasteiger partial charge >= 0.3 is 5.97 Å². The van der Waals surface area contributed by atoms with E-state index in [0.29, 0.717) is 10.2 Å². The second-order valence-corrected chi connectivity index (χ2v) is 9.35. The number of carbonyl (C=O) groups is 3. The van der Waals surface area contributed by atoms with Crippen molar-refractivity contribution in [1.82, 2.24) is 9.97 Å². The number of thiophene rings is 1. The Morgan fingerprint density at radius 1 is 1.06 bits per heavy atom. The number of aryl methyl sites for hydroxylation is 2. The highest BCUT2D eigenvalue weighted by Gasteiger charge is 2.37. The standard InChI is InChI=1S/C25H18FN3O5S/c1-11-13(3)35-22-19(11)21(30)27-20(28-22)12(2)34-25(33)14-4-9-17-18(10-14)24(32)29(23(17)31)16-7-5-15(26)6-8-16/h4-10,12H,1-3H3,(H,27,28,30). The molecule has 0 spiro atoms. The van der Waals surface area contributed by atoms with Gasteiger partial charge in [0.15, 0.2) is 11.9 Å². The Kier molecular flexibility index (Phi) is 5.32. The van der Waals surface area contributed by atoms with Gasteiger partial charge in [-0.25, -0.2) is 19.1 Å². The van der Waals surface area contributed by atoms with E-state index in [0.717, 1.165) is 27.5 Å². The van der Waals surface area contributed by atoms with Gasteiger partial charge in [-0.1, -0.05) is 0 Å². The van der Waals surface area contributed by atoms with Gasteiger partial charge in [-0.05, 0) is 68.8 Å². The van der Waals surface area contributed by atoms with E-state index in [1.165, 1.54) is 41.7 Å². The van der Waals surface area contributed by atoms with Crippen LogP contribution in [0.3, 0.4) is 0 Å². The Bertz CT molecular complexity index is 1610. The maximum absolute atomic E-state index is 13.3. The Hall–Kier alpha value is -4.18. The number of hydrogen-bond donors (Lipinski definition) is 1. The lowest BCUT2D eigenvalue weighted by Crippen LogP contribution is -2.29. The quantitative estimate of drug-likeness (QED) is 0.334. The van der Waals surface area contributed by atoms with Crippen molar-refractivity contribution in [2.75, 3.05) is 4.90 Å². The Morgan fingerprint density at radius 2 is 1.74 bits per heavy atom. The molecule has 0 saturated carbocycles. The van der Waals surface area contributed by atoms with E-state index in [1.54, 1.807) is 6.92 Å². The van der Waals surface area contributed by atoms with Crippen LogP contribution >= 0.6 is 11.3 Å². The van der Waals surface area contributed by atoms with Crippen LogP contribution in [0.5, 0.6) is 0 Å². The molecule has 0 bridgehead atoms. The van der Waals surface area contributed by atoms with Crippen molar-refractivity contribution < 1.29 is 23.5 Å². The van der Waals surface area contributed by atoms with Crippen molar-refractivity contribution >= 4 is 45.0 Å². The number of amides is 2. The van der Waals surface area contributed by atoms with Crippen molar-refractivity contribution in [3.8, 4) is 0 Å². The average molecular weight is 492 g/mol. The van der Waals surface area contributed by atoms with Crippen LogP contribution in [-0.2, 0) is 4.74 Å². The summed E-state index contributed by atoms with van der Waals surface area (Å²) in [7, 11) is 0. The normalized spacial score (nSPS) is 13.9. The summed E-state index contributed by atoms with van der Waals surface area (Å²) in [5.41, 5.74) is 1.01. The first-order chi connectivity index (χ1) is 16.7. The number of aromatic nitrogens is 2. The van der Waals surface area contributed by atoms with Gasteiger partial charge < -0.3 is 9.72 Å². The van der Waals surface area contributed by atoms with Gasteiger partial charge in [0.2, 0.25) is 0 Å². The molecular weight excluding hydrogens is 473 g/mol. The van der Waals surface area contributed by atoms with Crippen molar-refractivity contribution in [2.24, 2.45) is 0 Å². The highest BCUT2D eigenvalue weighted by Crippen LogP contribution is 2.30. The lowest BCUT2D eigenvalue weighted by atomic mass is 10.1. The number of rotatable bonds is 4. The number of H-pyrrole nitrogens is 1. The summed E-state index contributed by atoms with van der Waals surface area (Å²) in [5.74, 6) is -2.24. The lowest BCUT2D eigenvalue weighted by Gasteiger charge is -2.13. The largest absolute Gasteiger partial charge is 0.451 e. The molecule has 35 heavy (non-hydrogen) atoms. The fraction of sp³-hybridized carbons (Fsp3) is 0.160. The number of benzene rings is 2. The van der Waals surface area contributed by atoms with E-state index in [2.05, 4.69) is 9.97 Å². The summed E-state index contributed by atoms with van der Waals surface area (Å²) in [6.45, 7) is 5.33. The van der Waals surface area contributed by atoms with Gasteiger partial charge in [0.05, 0.1) is 27.8 Å². The fourth-order valence-corrected chi connectivity index (χ4v) is 4.98. The van der Waals surface area contributed by atoms with Crippen LogP contribution in [-0.4, -0.2) is 27.8 Å². The first kappa shape index (κ1) is 22.6. The minimum atomic E-state index is -0.872. The van der Waals surface area contributed by atoms with Crippen LogP contribution in [0.25, 0.3) is 10.2 Å². The molecule has 8 nitrogen and oxygen atoms in total. The molecular formula is C25H18FN3O5S. The van der Waals surface area contributed by atoms with Gasteiger partial charge in [-0.3, -0.25) is 14.4 Å². The molecule has 4 aromatic rings. The summed E-state index contributed by atoms with van der Waals surface area (Å²) in [6, 6.07) is 9.01. The highest BCUT2D eigenvalue weighted by molar-refractivity contribution is 7.18. The smallest absolute Gasteiger partial charge is 0.338 e. The highest BCUT2D eigenvalue weighted by atomic mass is 32.1. The maximum Gasteiger partial charge on any atom is 0.338 e. The second-order valence-electron chi connectivity index (χ2n) is 8.14. The van der Waals surface area contributed by atoms with Gasteiger partial charge in [-0.15, -0.1) is 11.3 Å². The predicted molar refractivity (Wildman–Crippen MR) is 128 cm³/mol. The molecule has 1 aliphatic heterocycles. The van der Waals surface area contributed by atoms with Crippen molar-refractivity contribution in [3.05, 3.63) is 91.6 Å².